The molecule has 0 aliphatic carbocycles. The topological polar surface area (TPSA) is 57.5 Å². The summed E-state index contributed by atoms with van der Waals surface area (Å²) in [6.45, 7) is 3.71. The molecule has 0 heterocycles. The maximum Gasteiger partial charge on any atom is 0.337 e. The van der Waals surface area contributed by atoms with Gasteiger partial charge in [-0.15, -0.1) is 0 Å². The van der Waals surface area contributed by atoms with E-state index >= 15 is 0 Å². The molecule has 0 fully saturated rings. The van der Waals surface area contributed by atoms with Crippen LogP contribution in [0.15, 0.2) is 16.6 Å². The number of aliphatic hydroxyl groups is 1. The summed E-state index contributed by atoms with van der Waals surface area (Å²) in [4.78, 5) is 10.5. The molecular weight excluding hydrogens is 248 g/mol. The average Bonchev–Trinajstić information content (AvgIpc) is 2.12. The molecule has 1 aromatic rings. The summed E-state index contributed by atoms with van der Waals surface area (Å²) in [5.41, 5.74) is 2.25. The Kier molecular flexibility index (Phi) is 3.29. The summed E-state index contributed by atoms with van der Waals surface area (Å²) < 4.78 is 0.943. The molecule has 0 amide bonds. The molecule has 0 spiro atoms. The van der Waals surface area contributed by atoms with Crippen molar-refractivity contribution in [3.8, 4) is 0 Å². The number of benzene rings is 1. The first-order chi connectivity index (χ1) is 6.43. The molecule has 0 aliphatic rings. The van der Waals surface area contributed by atoms with Crippen molar-refractivity contribution in [3.05, 3.63) is 33.3 Å². The van der Waals surface area contributed by atoms with Gasteiger partial charge in [-0.05, 0) is 30.5 Å². The molecule has 0 bridgehead atoms. The van der Waals surface area contributed by atoms with Gasteiger partial charge in [0, 0.05) is 4.47 Å². The molecule has 1 atom stereocenters. The van der Waals surface area contributed by atoms with Crippen LogP contribution in [0.3, 0.4) is 0 Å². The summed E-state index contributed by atoms with van der Waals surface area (Å²) in [7, 11) is 0. The van der Waals surface area contributed by atoms with Gasteiger partial charge >= 0.3 is 5.97 Å². The third-order valence-electron chi connectivity index (χ3n) is 2.01. The number of rotatable bonds is 2. The molecule has 76 valence electrons. The Morgan fingerprint density at radius 3 is 2.14 bits per heavy atom. The highest BCUT2D eigenvalue weighted by Gasteiger charge is 2.17. The summed E-state index contributed by atoms with van der Waals surface area (Å²) in [6, 6.07) is 3.33. The summed E-state index contributed by atoms with van der Waals surface area (Å²) >= 11 is 3.37. The van der Waals surface area contributed by atoms with Gasteiger partial charge in [-0.3, -0.25) is 0 Å². The quantitative estimate of drug-likeness (QED) is 0.855. The standard InChI is InChI=1S/C10H11BrO3/c1-5-3-7(9(12)10(13)14)4-6(2)8(5)11/h3-4,9,12H,1-2H3,(H,13,14). The van der Waals surface area contributed by atoms with Gasteiger partial charge in [0.2, 0.25) is 0 Å². The van der Waals surface area contributed by atoms with Crippen molar-refractivity contribution in [2.75, 3.05) is 0 Å². The Balaban J connectivity index is 3.19. The molecule has 4 heteroatoms. The zero-order valence-electron chi connectivity index (χ0n) is 7.91. The second-order valence-electron chi connectivity index (χ2n) is 3.21. The van der Waals surface area contributed by atoms with E-state index in [9.17, 15) is 9.90 Å². The normalized spacial score (nSPS) is 12.6. The van der Waals surface area contributed by atoms with Crippen LogP contribution in [0.2, 0.25) is 0 Å². The first-order valence-electron chi connectivity index (χ1n) is 4.11. The number of halogens is 1. The van der Waals surface area contributed by atoms with Crippen LogP contribution in [-0.4, -0.2) is 16.2 Å². The van der Waals surface area contributed by atoms with Crippen molar-refractivity contribution < 1.29 is 15.0 Å². The summed E-state index contributed by atoms with van der Waals surface area (Å²) in [5.74, 6) is -1.23. The van der Waals surface area contributed by atoms with Crippen LogP contribution in [-0.2, 0) is 4.79 Å². The smallest absolute Gasteiger partial charge is 0.337 e. The highest BCUT2D eigenvalue weighted by Crippen LogP contribution is 2.25. The summed E-state index contributed by atoms with van der Waals surface area (Å²) in [5, 5.41) is 17.9. The van der Waals surface area contributed by atoms with Crippen molar-refractivity contribution in [2.45, 2.75) is 20.0 Å². The molecule has 0 aliphatic heterocycles. The monoisotopic (exact) mass is 258 g/mol. The number of carbonyl (C=O) groups is 1. The number of hydrogen-bond acceptors (Lipinski definition) is 2. The van der Waals surface area contributed by atoms with Gasteiger partial charge in [0.1, 0.15) is 0 Å². The van der Waals surface area contributed by atoms with Crippen LogP contribution >= 0.6 is 15.9 Å². The Morgan fingerprint density at radius 2 is 1.79 bits per heavy atom. The SMILES string of the molecule is Cc1cc(C(O)C(=O)O)cc(C)c1Br. The van der Waals surface area contributed by atoms with Crippen molar-refractivity contribution in [1.29, 1.82) is 0 Å². The minimum atomic E-state index is -1.44. The minimum absolute atomic E-state index is 0.413. The van der Waals surface area contributed by atoms with Crippen molar-refractivity contribution in [1.82, 2.24) is 0 Å². The fourth-order valence-electron chi connectivity index (χ4n) is 1.28. The van der Waals surface area contributed by atoms with E-state index in [4.69, 9.17) is 5.11 Å². The lowest BCUT2D eigenvalue weighted by molar-refractivity contribution is -0.146. The van der Waals surface area contributed by atoms with Crippen LogP contribution in [0.1, 0.15) is 22.8 Å². The zero-order chi connectivity index (χ0) is 10.9. The molecule has 1 rings (SSSR count). The summed E-state index contributed by atoms with van der Waals surface area (Å²) in [6.07, 6.45) is -1.44. The van der Waals surface area contributed by atoms with Gasteiger partial charge in [0.25, 0.3) is 0 Å². The molecule has 1 aromatic carbocycles. The molecule has 0 saturated heterocycles. The average molecular weight is 259 g/mol. The highest BCUT2D eigenvalue weighted by atomic mass is 79.9. The van der Waals surface area contributed by atoms with E-state index < -0.39 is 12.1 Å². The molecule has 14 heavy (non-hydrogen) atoms. The predicted octanol–water partition coefficient (Wildman–Crippen LogP) is 2.18. The Labute approximate surface area is 90.5 Å². The molecule has 0 aromatic heterocycles. The number of aliphatic carboxylic acids is 1. The van der Waals surface area contributed by atoms with E-state index in [1.54, 1.807) is 12.1 Å². The fraction of sp³-hybridized carbons (Fsp3) is 0.300. The van der Waals surface area contributed by atoms with E-state index in [2.05, 4.69) is 15.9 Å². The maximum absolute atomic E-state index is 10.5. The fourth-order valence-corrected chi connectivity index (χ4v) is 1.51. The largest absolute Gasteiger partial charge is 0.479 e. The van der Waals surface area contributed by atoms with E-state index in [0.717, 1.165) is 15.6 Å². The van der Waals surface area contributed by atoms with Gasteiger partial charge < -0.3 is 10.2 Å². The van der Waals surface area contributed by atoms with Gasteiger partial charge in [0.15, 0.2) is 6.10 Å². The molecule has 3 nitrogen and oxygen atoms in total. The molecule has 0 radical (unpaired) electrons. The molecule has 0 saturated carbocycles. The zero-order valence-corrected chi connectivity index (χ0v) is 9.50. The minimum Gasteiger partial charge on any atom is -0.479 e. The Bertz CT molecular complexity index is 351. The van der Waals surface area contributed by atoms with Crippen LogP contribution in [0.4, 0.5) is 0 Å². The number of carboxylic acids is 1. The Morgan fingerprint density at radius 1 is 1.36 bits per heavy atom. The maximum atomic E-state index is 10.5. The number of aliphatic hydroxyl groups excluding tert-OH is 1. The molecular formula is C10H11BrO3. The van der Waals surface area contributed by atoms with Gasteiger partial charge in [-0.25, -0.2) is 4.79 Å². The van der Waals surface area contributed by atoms with Crippen molar-refractivity contribution in [3.63, 3.8) is 0 Å². The Hall–Kier alpha value is -0.870. The van der Waals surface area contributed by atoms with Crippen LogP contribution in [0.5, 0.6) is 0 Å². The number of carboxylic acid groups (broad SMARTS) is 1. The molecule has 1 unspecified atom stereocenters. The van der Waals surface area contributed by atoms with Crippen LogP contribution in [0, 0.1) is 13.8 Å². The van der Waals surface area contributed by atoms with Crippen LogP contribution in [0.25, 0.3) is 0 Å². The lowest BCUT2D eigenvalue weighted by Gasteiger charge is -2.10. The van der Waals surface area contributed by atoms with E-state index in [0.29, 0.717) is 5.56 Å². The van der Waals surface area contributed by atoms with Crippen molar-refractivity contribution >= 4 is 21.9 Å². The van der Waals surface area contributed by atoms with Crippen molar-refractivity contribution in [2.24, 2.45) is 0 Å². The second-order valence-corrected chi connectivity index (χ2v) is 4.00. The predicted molar refractivity (Wildman–Crippen MR) is 56.2 cm³/mol. The lowest BCUT2D eigenvalue weighted by atomic mass is 10.0. The van der Waals surface area contributed by atoms with Gasteiger partial charge in [-0.2, -0.15) is 0 Å². The van der Waals surface area contributed by atoms with Gasteiger partial charge in [-0.1, -0.05) is 28.1 Å². The second kappa shape index (κ2) is 4.11. The first kappa shape index (κ1) is 11.2. The van der Waals surface area contributed by atoms with E-state index in [1.165, 1.54) is 0 Å². The molecule has 2 N–H and O–H groups in total. The van der Waals surface area contributed by atoms with E-state index in [-0.39, 0.29) is 0 Å². The van der Waals surface area contributed by atoms with Crippen LogP contribution < -0.4 is 0 Å². The third kappa shape index (κ3) is 2.13. The highest BCUT2D eigenvalue weighted by molar-refractivity contribution is 9.10. The number of aryl methyl sites for hydroxylation is 2. The third-order valence-corrected chi connectivity index (χ3v) is 3.26. The first-order valence-corrected chi connectivity index (χ1v) is 4.90. The lowest BCUT2D eigenvalue weighted by Crippen LogP contribution is -2.10. The van der Waals surface area contributed by atoms with E-state index in [1.807, 2.05) is 13.8 Å². The van der Waals surface area contributed by atoms with Gasteiger partial charge in [0.05, 0.1) is 0 Å². The number of hydrogen-bond donors (Lipinski definition) is 2.